The third-order valence-electron chi connectivity index (χ3n) is 2.51. The van der Waals surface area contributed by atoms with E-state index in [0.29, 0.717) is 12.4 Å². The Bertz CT molecular complexity index is 542. The van der Waals surface area contributed by atoms with Crippen LogP contribution in [-0.2, 0) is 11.3 Å². The van der Waals surface area contributed by atoms with E-state index in [1.54, 1.807) is 0 Å². The number of hydrogen-bond acceptors (Lipinski definition) is 1. The van der Waals surface area contributed by atoms with Gasteiger partial charge in [0.05, 0.1) is 5.69 Å². The average Bonchev–Trinajstić information content (AvgIpc) is 2.35. The molecular weight excluding hydrogens is 258 g/mol. The van der Waals surface area contributed by atoms with Crippen LogP contribution in [0.3, 0.4) is 0 Å². The molecule has 90 valence electrons. The second-order valence-corrected chi connectivity index (χ2v) is 4.80. The van der Waals surface area contributed by atoms with E-state index < -0.39 is 11.3 Å². The molecule has 2 aromatic rings. The number of benzene rings is 2. The third-order valence-corrected chi connectivity index (χ3v) is 3.44. The zero-order chi connectivity index (χ0) is 12.3. The number of alkyl halides is 1. The minimum atomic E-state index is -2.06. The monoisotopic (exact) mass is 269 g/mol. The van der Waals surface area contributed by atoms with Gasteiger partial charge in [0.2, 0.25) is 0 Å². The maximum Gasteiger partial charge on any atom is 0.261 e. The van der Waals surface area contributed by atoms with Gasteiger partial charge in [-0.05, 0) is 11.5 Å². The number of fused-ring (bicyclic) bond motifs is 1. The number of rotatable bonds is 4. The van der Waals surface area contributed by atoms with Crippen molar-refractivity contribution < 1.29 is 8.76 Å². The van der Waals surface area contributed by atoms with Gasteiger partial charge >= 0.3 is 0 Å². The van der Waals surface area contributed by atoms with Crippen molar-refractivity contribution in [3.05, 3.63) is 42.5 Å². The molecule has 0 radical (unpaired) electrons. The molecule has 0 saturated carbocycles. The van der Waals surface area contributed by atoms with Crippen LogP contribution in [-0.4, -0.2) is 21.2 Å². The molecule has 0 spiro atoms. The Morgan fingerprint density at radius 3 is 2.59 bits per heavy atom. The van der Waals surface area contributed by atoms with Crippen LogP contribution >= 0.6 is 11.6 Å². The standard InChI is InChI=1S/C12H12ClNO2S/c13-8-9-14(17(15)16)12-7-3-5-10-4-1-2-6-11(10)12/h1-7H,8-9H2,(H,15,16). The van der Waals surface area contributed by atoms with Crippen LogP contribution in [0.1, 0.15) is 0 Å². The fourth-order valence-corrected chi connectivity index (χ4v) is 2.63. The summed E-state index contributed by atoms with van der Waals surface area (Å²) in [7, 11) is 0. The zero-order valence-electron chi connectivity index (χ0n) is 9.04. The Hall–Kier alpha value is -1.10. The predicted molar refractivity (Wildman–Crippen MR) is 72.8 cm³/mol. The topological polar surface area (TPSA) is 40.5 Å². The van der Waals surface area contributed by atoms with Crippen molar-refractivity contribution in [3.63, 3.8) is 0 Å². The molecule has 0 heterocycles. The fourth-order valence-electron chi connectivity index (χ4n) is 1.79. The molecular formula is C12H12ClNO2S. The fraction of sp³-hybridized carbons (Fsp3) is 0.167. The SMILES string of the molecule is O=S(O)N(CCCl)c1cccc2ccccc12. The first-order chi connectivity index (χ1) is 8.24. The molecule has 3 nitrogen and oxygen atoms in total. The minimum absolute atomic E-state index is 0.301. The molecule has 0 saturated heterocycles. The van der Waals surface area contributed by atoms with Crippen molar-refractivity contribution in [1.29, 1.82) is 0 Å². The maximum absolute atomic E-state index is 11.3. The molecule has 0 aromatic heterocycles. The molecule has 1 N–H and O–H groups in total. The molecule has 0 aliphatic heterocycles. The summed E-state index contributed by atoms with van der Waals surface area (Å²) in [5, 5.41) is 1.98. The minimum Gasteiger partial charge on any atom is -0.289 e. The Morgan fingerprint density at radius 1 is 1.18 bits per heavy atom. The van der Waals surface area contributed by atoms with Gasteiger partial charge in [-0.3, -0.25) is 8.86 Å². The molecule has 0 aliphatic carbocycles. The summed E-state index contributed by atoms with van der Waals surface area (Å²) in [5.74, 6) is 0.301. The molecule has 0 amide bonds. The van der Waals surface area contributed by atoms with Crippen LogP contribution in [0.2, 0.25) is 0 Å². The summed E-state index contributed by atoms with van der Waals surface area (Å²) in [6.45, 7) is 0.332. The molecule has 17 heavy (non-hydrogen) atoms. The van der Waals surface area contributed by atoms with Crippen molar-refractivity contribution in [2.24, 2.45) is 0 Å². The van der Waals surface area contributed by atoms with Gasteiger partial charge in [-0.15, -0.1) is 11.6 Å². The van der Waals surface area contributed by atoms with Crippen LogP contribution < -0.4 is 4.31 Å². The average molecular weight is 270 g/mol. The van der Waals surface area contributed by atoms with E-state index in [1.807, 2.05) is 42.5 Å². The van der Waals surface area contributed by atoms with E-state index >= 15 is 0 Å². The first-order valence-electron chi connectivity index (χ1n) is 5.16. The molecule has 0 fully saturated rings. The molecule has 1 atom stereocenters. The van der Waals surface area contributed by atoms with Gasteiger partial charge in [0.15, 0.2) is 0 Å². The van der Waals surface area contributed by atoms with Crippen LogP contribution in [0.15, 0.2) is 42.5 Å². The zero-order valence-corrected chi connectivity index (χ0v) is 10.6. The smallest absolute Gasteiger partial charge is 0.261 e. The van der Waals surface area contributed by atoms with Crippen molar-refractivity contribution >= 4 is 39.3 Å². The van der Waals surface area contributed by atoms with E-state index in [-0.39, 0.29) is 0 Å². The predicted octanol–water partition coefficient (Wildman–Crippen LogP) is 3.02. The van der Waals surface area contributed by atoms with Crippen molar-refractivity contribution in [2.45, 2.75) is 0 Å². The van der Waals surface area contributed by atoms with Gasteiger partial charge in [-0.1, -0.05) is 36.4 Å². The molecule has 1 unspecified atom stereocenters. The van der Waals surface area contributed by atoms with Crippen molar-refractivity contribution in [1.82, 2.24) is 0 Å². The lowest BCUT2D eigenvalue weighted by Gasteiger charge is -2.20. The Balaban J connectivity index is 2.56. The Labute approximate surface area is 107 Å². The van der Waals surface area contributed by atoms with E-state index in [2.05, 4.69) is 0 Å². The lowest BCUT2D eigenvalue weighted by Crippen LogP contribution is -2.27. The Kier molecular flexibility index (Phi) is 3.99. The number of anilines is 1. The summed E-state index contributed by atoms with van der Waals surface area (Å²) >= 11 is 3.59. The lowest BCUT2D eigenvalue weighted by molar-refractivity contribution is 0.560. The quantitative estimate of drug-likeness (QED) is 0.685. The summed E-state index contributed by atoms with van der Waals surface area (Å²) in [6, 6.07) is 13.4. The Morgan fingerprint density at radius 2 is 1.88 bits per heavy atom. The van der Waals surface area contributed by atoms with Crippen molar-refractivity contribution in [3.8, 4) is 0 Å². The lowest BCUT2D eigenvalue weighted by atomic mass is 10.1. The first-order valence-corrected chi connectivity index (χ1v) is 6.76. The van der Waals surface area contributed by atoms with E-state index in [9.17, 15) is 8.76 Å². The van der Waals surface area contributed by atoms with Crippen LogP contribution in [0.5, 0.6) is 0 Å². The molecule has 0 bridgehead atoms. The summed E-state index contributed by atoms with van der Waals surface area (Å²) < 4.78 is 22.0. The molecule has 2 aromatic carbocycles. The highest BCUT2D eigenvalue weighted by Gasteiger charge is 2.13. The van der Waals surface area contributed by atoms with E-state index in [0.717, 1.165) is 16.5 Å². The molecule has 2 rings (SSSR count). The van der Waals surface area contributed by atoms with Gasteiger partial charge in [0, 0.05) is 17.8 Å². The number of halogens is 1. The van der Waals surface area contributed by atoms with E-state index in [4.69, 9.17) is 11.6 Å². The van der Waals surface area contributed by atoms with Gasteiger partial charge < -0.3 is 0 Å². The largest absolute Gasteiger partial charge is 0.289 e. The van der Waals surface area contributed by atoms with Gasteiger partial charge in [0.25, 0.3) is 11.3 Å². The van der Waals surface area contributed by atoms with Gasteiger partial charge in [-0.25, -0.2) is 4.21 Å². The second kappa shape index (κ2) is 5.49. The van der Waals surface area contributed by atoms with Gasteiger partial charge in [0.1, 0.15) is 0 Å². The highest BCUT2D eigenvalue weighted by molar-refractivity contribution is 7.80. The number of hydrogen-bond donors (Lipinski definition) is 1. The number of nitrogens with zero attached hydrogens (tertiary/aromatic N) is 1. The molecule has 5 heteroatoms. The summed E-state index contributed by atoms with van der Waals surface area (Å²) in [4.78, 5) is 0. The highest BCUT2D eigenvalue weighted by atomic mass is 35.5. The second-order valence-electron chi connectivity index (χ2n) is 3.52. The summed E-state index contributed by atoms with van der Waals surface area (Å²) in [5.41, 5.74) is 0.726. The van der Waals surface area contributed by atoms with E-state index in [1.165, 1.54) is 4.31 Å². The molecule has 0 aliphatic rings. The first kappa shape index (κ1) is 12.4. The van der Waals surface area contributed by atoms with Crippen LogP contribution in [0, 0.1) is 0 Å². The van der Waals surface area contributed by atoms with Crippen LogP contribution in [0.4, 0.5) is 5.69 Å². The summed E-state index contributed by atoms with van der Waals surface area (Å²) in [6.07, 6.45) is 0. The normalized spacial score (nSPS) is 12.6. The van der Waals surface area contributed by atoms with Crippen LogP contribution in [0.25, 0.3) is 10.8 Å². The van der Waals surface area contributed by atoms with Gasteiger partial charge in [-0.2, -0.15) is 0 Å². The van der Waals surface area contributed by atoms with Crippen molar-refractivity contribution in [2.75, 3.05) is 16.7 Å². The highest BCUT2D eigenvalue weighted by Crippen LogP contribution is 2.27. The third kappa shape index (κ3) is 2.60. The maximum atomic E-state index is 11.3.